The normalized spacial score (nSPS) is 11.8. The second-order valence-corrected chi connectivity index (χ2v) is 3.98. The fourth-order valence-electron chi connectivity index (χ4n) is 1.30. The van der Waals surface area contributed by atoms with Crippen LogP contribution in [0.4, 0.5) is 0 Å². The highest BCUT2D eigenvalue weighted by atomic mass is 35.5. The number of aromatic nitrogens is 2. The van der Waals surface area contributed by atoms with Crippen molar-refractivity contribution in [1.29, 1.82) is 0 Å². The predicted molar refractivity (Wildman–Crippen MR) is 65.0 cm³/mol. The van der Waals surface area contributed by atoms with Crippen molar-refractivity contribution in [3.8, 4) is 0 Å². The van der Waals surface area contributed by atoms with Crippen LogP contribution in [-0.2, 0) is 13.1 Å². The van der Waals surface area contributed by atoms with E-state index in [1.807, 2.05) is 6.92 Å². The van der Waals surface area contributed by atoms with Crippen molar-refractivity contribution in [3.05, 3.63) is 43.7 Å². The summed E-state index contributed by atoms with van der Waals surface area (Å²) >= 11 is 11.1. The van der Waals surface area contributed by atoms with E-state index in [1.54, 1.807) is 0 Å². The Bertz CT molecular complexity index is 502. The van der Waals surface area contributed by atoms with E-state index in [0.29, 0.717) is 6.54 Å². The molecule has 88 valence electrons. The zero-order valence-electron chi connectivity index (χ0n) is 8.82. The largest absolute Gasteiger partial charge is 0.331 e. The molecule has 0 fully saturated rings. The summed E-state index contributed by atoms with van der Waals surface area (Å²) in [5.74, 6) is 0. The number of rotatable bonds is 4. The van der Waals surface area contributed by atoms with Gasteiger partial charge in [-0.25, -0.2) is 4.79 Å². The zero-order valence-corrected chi connectivity index (χ0v) is 10.3. The molecule has 6 heteroatoms. The molecule has 0 atom stereocenters. The van der Waals surface area contributed by atoms with Gasteiger partial charge in [-0.15, -0.1) is 0 Å². The second kappa shape index (κ2) is 5.92. The molecule has 0 amide bonds. The standard InChI is InChI=1S/C10H12Cl2N2O2/c1-2-4-13-5-3-9(15)14(10(13)16)7-8(12)6-11/h3,5-6H,2,4,7H2,1H3. The molecule has 16 heavy (non-hydrogen) atoms. The first-order valence-corrected chi connectivity index (χ1v) is 5.66. The Labute approximate surface area is 103 Å². The molecule has 0 unspecified atom stereocenters. The summed E-state index contributed by atoms with van der Waals surface area (Å²) in [6.45, 7) is 2.53. The highest BCUT2D eigenvalue weighted by molar-refractivity contribution is 6.36. The average molecular weight is 263 g/mol. The molecule has 0 saturated carbocycles. The number of hydrogen-bond donors (Lipinski definition) is 0. The van der Waals surface area contributed by atoms with Gasteiger partial charge < -0.3 is 4.57 Å². The van der Waals surface area contributed by atoms with E-state index in [2.05, 4.69) is 0 Å². The van der Waals surface area contributed by atoms with Gasteiger partial charge in [-0.2, -0.15) is 0 Å². The molecule has 0 aliphatic heterocycles. The summed E-state index contributed by atoms with van der Waals surface area (Å²) in [6, 6.07) is 1.34. The number of aryl methyl sites for hydroxylation is 1. The summed E-state index contributed by atoms with van der Waals surface area (Å²) in [5, 5.41) is 0.245. The van der Waals surface area contributed by atoms with Gasteiger partial charge in [0, 0.05) is 29.4 Å². The number of nitrogens with zero attached hydrogens (tertiary/aromatic N) is 2. The lowest BCUT2D eigenvalue weighted by Gasteiger charge is -2.07. The molecule has 1 aromatic heterocycles. The van der Waals surface area contributed by atoms with Crippen LogP contribution in [0.5, 0.6) is 0 Å². The van der Waals surface area contributed by atoms with E-state index in [4.69, 9.17) is 23.2 Å². The minimum atomic E-state index is -0.381. The lowest BCUT2D eigenvalue weighted by Crippen LogP contribution is -2.39. The third-order valence-electron chi connectivity index (χ3n) is 2.03. The van der Waals surface area contributed by atoms with Gasteiger partial charge in [0.15, 0.2) is 0 Å². The van der Waals surface area contributed by atoms with Crippen molar-refractivity contribution in [2.24, 2.45) is 0 Å². The molecule has 4 nitrogen and oxygen atoms in total. The van der Waals surface area contributed by atoms with Crippen LogP contribution in [0.3, 0.4) is 0 Å². The Morgan fingerprint density at radius 3 is 2.75 bits per heavy atom. The van der Waals surface area contributed by atoms with Crippen molar-refractivity contribution in [2.75, 3.05) is 0 Å². The van der Waals surface area contributed by atoms with Gasteiger partial charge >= 0.3 is 5.69 Å². The van der Waals surface area contributed by atoms with E-state index in [-0.39, 0.29) is 22.8 Å². The van der Waals surface area contributed by atoms with Crippen LogP contribution in [-0.4, -0.2) is 9.13 Å². The molecule has 0 N–H and O–H groups in total. The van der Waals surface area contributed by atoms with Gasteiger partial charge in [-0.3, -0.25) is 9.36 Å². The average Bonchev–Trinajstić information content (AvgIpc) is 2.28. The van der Waals surface area contributed by atoms with Crippen LogP contribution in [0.25, 0.3) is 0 Å². The minimum absolute atomic E-state index is 0.00722. The predicted octanol–water partition coefficient (Wildman–Crippen LogP) is 1.74. The Morgan fingerprint density at radius 1 is 1.50 bits per heavy atom. The number of hydrogen-bond acceptors (Lipinski definition) is 2. The van der Waals surface area contributed by atoms with Crippen LogP contribution >= 0.6 is 23.2 Å². The van der Waals surface area contributed by atoms with Gasteiger partial charge in [-0.1, -0.05) is 30.1 Å². The molecule has 0 spiro atoms. The van der Waals surface area contributed by atoms with Crippen LogP contribution in [0.15, 0.2) is 32.4 Å². The third-order valence-corrected chi connectivity index (χ3v) is 2.64. The first-order valence-electron chi connectivity index (χ1n) is 4.85. The van der Waals surface area contributed by atoms with Crippen LogP contribution in [0, 0.1) is 0 Å². The van der Waals surface area contributed by atoms with Gasteiger partial charge in [0.05, 0.1) is 6.54 Å². The highest BCUT2D eigenvalue weighted by Crippen LogP contribution is 2.03. The molecular formula is C10H12Cl2N2O2. The summed E-state index contributed by atoms with van der Waals surface area (Å²) in [4.78, 5) is 23.3. The van der Waals surface area contributed by atoms with Crippen LogP contribution in [0.1, 0.15) is 13.3 Å². The first kappa shape index (κ1) is 13.1. The fraction of sp³-hybridized carbons (Fsp3) is 0.400. The van der Waals surface area contributed by atoms with E-state index >= 15 is 0 Å². The fourth-order valence-corrected chi connectivity index (χ4v) is 1.49. The van der Waals surface area contributed by atoms with Gasteiger partial charge in [0.25, 0.3) is 5.56 Å². The number of allylic oxidation sites excluding steroid dienone is 1. The highest BCUT2D eigenvalue weighted by Gasteiger charge is 2.05. The Balaban J connectivity index is 3.22. The molecule has 1 aromatic rings. The van der Waals surface area contributed by atoms with Crippen LogP contribution in [0.2, 0.25) is 0 Å². The van der Waals surface area contributed by atoms with Crippen molar-refractivity contribution >= 4 is 23.2 Å². The molecule has 1 heterocycles. The zero-order chi connectivity index (χ0) is 12.1. The maximum absolute atomic E-state index is 11.8. The maximum atomic E-state index is 11.8. The number of halogens is 2. The Hall–Kier alpha value is -1.00. The summed E-state index contributed by atoms with van der Waals surface area (Å²) in [6.07, 6.45) is 2.31. The van der Waals surface area contributed by atoms with E-state index < -0.39 is 0 Å². The van der Waals surface area contributed by atoms with Gasteiger partial charge in [0.1, 0.15) is 0 Å². The van der Waals surface area contributed by atoms with Crippen LogP contribution < -0.4 is 11.2 Å². The summed E-state index contributed by atoms with van der Waals surface area (Å²) in [7, 11) is 0. The molecule has 0 radical (unpaired) electrons. The van der Waals surface area contributed by atoms with Crippen molar-refractivity contribution in [1.82, 2.24) is 9.13 Å². The maximum Gasteiger partial charge on any atom is 0.331 e. The molecule has 0 aromatic carbocycles. The third kappa shape index (κ3) is 3.00. The quantitative estimate of drug-likeness (QED) is 0.830. The lowest BCUT2D eigenvalue weighted by atomic mass is 10.4. The van der Waals surface area contributed by atoms with E-state index in [0.717, 1.165) is 16.5 Å². The lowest BCUT2D eigenvalue weighted by molar-refractivity contribution is 0.573. The second-order valence-electron chi connectivity index (χ2n) is 3.27. The molecule has 0 aliphatic carbocycles. The molecular weight excluding hydrogens is 251 g/mol. The monoisotopic (exact) mass is 262 g/mol. The van der Waals surface area contributed by atoms with Crippen molar-refractivity contribution < 1.29 is 0 Å². The van der Waals surface area contributed by atoms with Gasteiger partial charge in [-0.05, 0) is 6.42 Å². The first-order chi connectivity index (χ1) is 7.60. The topological polar surface area (TPSA) is 44.0 Å². The minimum Gasteiger partial charge on any atom is -0.300 e. The molecule has 0 aliphatic rings. The molecule has 0 bridgehead atoms. The van der Waals surface area contributed by atoms with Crippen molar-refractivity contribution in [2.45, 2.75) is 26.4 Å². The summed E-state index contributed by atoms with van der Waals surface area (Å²) in [5.41, 5.74) is 0.393. The van der Waals surface area contributed by atoms with Crippen molar-refractivity contribution in [3.63, 3.8) is 0 Å². The smallest absolute Gasteiger partial charge is 0.300 e. The summed E-state index contributed by atoms with van der Waals surface area (Å²) < 4.78 is 2.52. The van der Waals surface area contributed by atoms with Gasteiger partial charge in [0.2, 0.25) is 0 Å². The van der Waals surface area contributed by atoms with E-state index in [9.17, 15) is 9.59 Å². The SMILES string of the molecule is CCCn1ccc(=O)n(CC(Cl)=CCl)c1=O. The Morgan fingerprint density at radius 2 is 2.19 bits per heavy atom. The molecule has 1 rings (SSSR count). The van der Waals surface area contributed by atoms with E-state index in [1.165, 1.54) is 16.8 Å². The molecule has 0 saturated heterocycles. The Kier molecular flexibility index (Phi) is 4.83.